The second kappa shape index (κ2) is 11.6. The van der Waals surface area contributed by atoms with Crippen LogP contribution in [0.4, 0.5) is 10.5 Å². The number of nitrogens with one attached hydrogen (secondary N) is 1. The molecule has 0 radical (unpaired) electrons. The van der Waals surface area contributed by atoms with Crippen LogP contribution in [0.3, 0.4) is 0 Å². The minimum Gasteiger partial charge on any atom is -0.495 e. The molecule has 2 aromatic carbocycles. The number of carbonyl (C=O) groups excluding carboxylic acids is 2. The summed E-state index contributed by atoms with van der Waals surface area (Å²) in [6, 6.07) is 20.5. The summed E-state index contributed by atoms with van der Waals surface area (Å²) in [5.74, 6) is 0.391. The van der Waals surface area contributed by atoms with E-state index in [0.717, 1.165) is 11.3 Å². The largest absolute Gasteiger partial charge is 0.495 e. The standard InChI is InChI=1S/C26H30N4O3/c1-4-16-29(26(32)27-23-14-8-9-15-24(23)33-3)20-25(31)30(18-21-11-6-5-7-12-21)19-22-13-10-17-28(22)2/h4-15,17H,1,16,18-20H2,2-3H3,(H,27,32). The molecular weight excluding hydrogens is 416 g/mol. The molecule has 3 amide bonds. The Morgan fingerprint density at radius 3 is 2.39 bits per heavy atom. The Hall–Kier alpha value is -4.00. The van der Waals surface area contributed by atoms with Crippen molar-refractivity contribution < 1.29 is 14.3 Å². The van der Waals surface area contributed by atoms with Gasteiger partial charge in [0.2, 0.25) is 5.91 Å². The molecule has 172 valence electrons. The summed E-state index contributed by atoms with van der Waals surface area (Å²) in [5, 5.41) is 2.83. The summed E-state index contributed by atoms with van der Waals surface area (Å²) in [5.41, 5.74) is 2.57. The Morgan fingerprint density at radius 2 is 1.73 bits per heavy atom. The van der Waals surface area contributed by atoms with Gasteiger partial charge in [0.1, 0.15) is 12.3 Å². The smallest absolute Gasteiger partial charge is 0.322 e. The predicted octanol–water partition coefficient (Wildman–Crippen LogP) is 4.28. The quantitative estimate of drug-likeness (QED) is 0.473. The number of anilines is 1. The number of methoxy groups -OCH3 is 1. The summed E-state index contributed by atoms with van der Waals surface area (Å²) in [6.07, 6.45) is 3.55. The Morgan fingerprint density at radius 1 is 1.00 bits per heavy atom. The van der Waals surface area contributed by atoms with Crippen molar-refractivity contribution in [1.29, 1.82) is 0 Å². The lowest BCUT2D eigenvalue weighted by Crippen LogP contribution is -2.44. The van der Waals surface area contributed by atoms with Gasteiger partial charge in [-0.05, 0) is 29.8 Å². The van der Waals surface area contributed by atoms with Crippen LogP contribution in [-0.2, 0) is 24.9 Å². The Balaban J connectivity index is 1.77. The molecule has 0 saturated heterocycles. The molecular formula is C26H30N4O3. The highest BCUT2D eigenvalue weighted by Gasteiger charge is 2.22. The second-order valence-electron chi connectivity index (χ2n) is 7.65. The minimum atomic E-state index is -0.397. The van der Waals surface area contributed by atoms with Gasteiger partial charge in [0.25, 0.3) is 0 Å². The molecule has 1 heterocycles. The van der Waals surface area contributed by atoms with Gasteiger partial charge in [-0.25, -0.2) is 4.79 Å². The molecule has 33 heavy (non-hydrogen) atoms. The Bertz CT molecular complexity index is 1080. The average molecular weight is 447 g/mol. The van der Waals surface area contributed by atoms with E-state index in [1.807, 2.05) is 72.4 Å². The fraction of sp³-hybridized carbons (Fsp3) is 0.231. The van der Waals surface area contributed by atoms with Crippen LogP contribution in [-0.4, -0.2) is 46.5 Å². The fourth-order valence-electron chi connectivity index (χ4n) is 3.47. The van der Waals surface area contributed by atoms with E-state index in [4.69, 9.17) is 4.74 Å². The zero-order chi connectivity index (χ0) is 23.6. The maximum absolute atomic E-state index is 13.4. The monoisotopic (exact) mass is 446 g/mol. The SMILES string of the molecule is C=CCN(CC(=O)N(Cc1ccccc1)Cc1cccn1C)C(=O)Nc1ccccc1OC. The fourth-order valence-corrected chi connectivity index (χ4v) is 3.47. The topological polar surface area (TPSA) is 66.8 Å². The number of benzene rings is 2. The highest BCUT2D eigenvalue weighted by atomic mass is 16.5. The van der Waals surface area contributed by atoms with Crippen LogP contribution in [0, 0.1) is 0 Å². The van der Waals surface area contributed by atoms with Crippen LogP contribution < -0.4 is 10.1 Å². The van der Waals surface area contributed by atoms with Gasteiger partial charge in [-0.1, -0.05) is 48.5 Å². The summed E-state index contributed by atoms with van der Waals surface area (Å²) in [6.45, 7) is 4.78. The van der Waals surface area contributed by atoms with Crippen LogP contribution in [0.1, 0.15) is 11.3 Å². The molecule has 0 bridgehead atoms. The molecule has 0 fully saturated rings. The number of carbonyl (C=O) groups is 2. The van der Waals surface area contributed by atoms with Crippen LogP contribution >= 0.6 is 0 Å². The molecule has 0 aliphatic rings. The normalized spacial score (nSPS) is 10.4. The maximum atomic E-state index is 13.4. The molecule has 1 aromatic heterocycles. The average Bonchev–Trinajstić information content (AvgIpc) is 3.23. The van der Waals surface area contributed by atoms with E-state index >= 15 is 0 Å². The number of rotatable bonds is 10. The Kier molecular flexibility index (Phi) is 8.30. The molecule has 3 rings (SSSR count). The summed E-state index contributed by atoms with van der Waals surface area (Å²) < 4.78 is 7.30. The van der Waals surface area contributed by atoms with E-state index < -0.39 is 6.03 Å². The number of amides is 3. The number of hydrogen-bond donors (Lipinski definition) is 1. The van der Waals surface area contributed by atoms with Crippen molar-refractivity contribution >= 4 is 17.6 Å². The number of aromatic nitrogens is 1. The van der Waals surface area contributed by atoms with Gasteiger partial charge in [0, 0.05) is 32.0 Å². The molecule has 7 heteroatoms. The summed E-state index contributed by atoms with van der Waals surface area (Å²) in [7, 11) is 3.49. The number of aryl methyl sites for hydroxylation is 1. The van der Waals surface area contributed by atoms with E-state index in [0.29, 0.717) is 24.5 Å². The maximum Gasteiger partial charge on any atom is 0.322 e. The highest BCUT2D eigenvalue weighted by molar-refractivity contribution is 5.93. The first-order valence-corrected chi connectivity index (χ1v) is 10.7. The lowest BCUT2D eigenvalue weighted by atomic mass is 10.2. The van der Waals surface area contributed by atoms with Crippen LogP contribution in [0.25, 0.3) is 0 Å². The van der Waals surface area contributed by atoms with Gasteiger partial charge >= 0.3 is 6.03 Å². The van der Waals surface area contributed by atoms with E-state index in [9.17, 15) is 9.59 Å². The molecule has 0 aliphatic carbocycles. The van der Waals surface area contributed by atoms with Gasteiger partial charge in [-0.3, -0.25) is 4.79 Å². The number of para-hydroxylation sites is 2. The van der Waals surface area contributed by atoms with Crippen molar-refractivity contribution in [3.8, 4) is 5.75 Å². The van der Waals surface area contributed by atoms with Gasteiger partial charge in [-0.2, -0.15) is 0 Å². The minimum absolute atomic E-state index is 0.0791. The van der Waals surface area contributed by atoms with Crippen molar-refractivity contribution in [1.82, 2.24) is 14.4 Å². The van der Waals surface area contributed by atoms with E-state index in [1.54, 1.807) is 30.2 Å². The molecule has 0 spiro atoms. The molecule has 0 unspecified atom stereocenters. The van der Waals surface area contributed by atoms with Crippen LogP contribution in [0.5, 0.6) is 5.75 Å². The summed E-state index contributed by atoms with van der Waals surface area (Å²) >= 11 is 0. The highest BCUT2D eigenvalue weighted by Crippen LogP contribution is 2.23. The third-order valence-corrected chi connectivity index (χ3v) is 5.28. The third kappa shape index (κ3) is 6.49. The molecule has 0 aliphatic heterocycles. The van der Waals surface area contributed by atoms with Crippen molar-refractivity contribution in [3.05, 3.63) is 96.8 Å². The first-order chi connectivity index (χ1) is 16.0. The first kappa shape index (κ1) is 23.7. The number of urea groups is 1. The third-order valence-electron chi connectivity index (χ3n) is 5.28. The lowest BCUT2D eigenvalue weighted by molar-refractivity contribution is -0.133. The zero-order valence-electron chi connectivity index (χ0n) is 19.1. The Labute approximate surface area is 194 Å². The molecule has 3 aromatic rings. The van der Waals surface area contributed by atoms with Crippen molar-refractivity contribution in [2.45, 2.75) is 13.1 Å². The van der Waals surface area contributed by atoms with Crippen molar-refractivity contribution in [2.24, 2.45) is 7.05 Å². The number of ether oxygens (including phenoxy) is 1. The van der Waals surface area contributed by atoms with Gasteiger partial charge in [-0.15, -0.1) is 6.58 Å². The van der Waals surface area contributed by atoms with Crippen molar-refractivity contribution in [3.63, 3.8) is 0 Å². The number of hydrogen-bond acceptors (Lipinski definition) is 3. The van der Waals surface area contributed by atoms with Gasteiger partial charge < -0.3 is 24.4 Å². The van der Waals surface area contributed by atoms with Crippen molar-refractivity contribution in [2.75, 3.05) is 25.5 Å². The second-order valence-corrected chi connectivity index (χ2v) is 7.65. The zero-order valence-corrected chi connectivity index (χ0v) is 19.1. The van der Waals surface area contributed by atoms with E-state index in [-0.39, 0.29) is 19.0 Å². The predicted molar refractivity (Wildman–Crippen MR) is 130 cm³/mol. The first-order valence-electron chi connectivity index (χ1n) is 10.7. The molecule has 1 N–H and O–H groups in total. The van der Waals surface area contributed by atoms with E-state index in [2.05, 4.69) is 11.9 Å². The van der Waals surface area contributed by atoms with Gasteiger partial charge in [0.15, 0.2) is 0 Å². The van der Waals surface area contributed by atoms with Gasteiger partial charge in [0.05, 0.1) is 19.3 Å². The summed E-state index contributed by atoms with van der Waals surface area (Å²) in [4.78, 5) is 29.6. The van der Waals surface area contributed by atoms with E-state index in [1.165, 1.54) is 4.90 Å². The molecule has 0 atom stereocenters. The van der Waals surface area contributed by atoms with Crippen LogP contribution in [0.15, 0.2) is 85.6 Å². The molecule has 7 nitrogen and oxygen atoms in total. The number of nitrogens with zero attached hydrogens (tertiary/aromatic N) is 3. The molecule has 0 saturated carbocycles. The van der Waals surface area contributed by atoms with Crippen LogP contribution in [0.2, 0.25) is 0 Å². The lowest BCUT2D eigenvalue weighted by Gasteiger charge is -2.28.